The number of H-pyrrole nitrogens is 1. The van der Waals surface area contributed by atoms with Crippen molar-refractivity contribution in [3.05, 3.63) is 35.0 Å². The van der Waals surface area contributed by atoms with Gasteiger partial charge in [-0.2, -0.15) is 0 Å². The number of carbonyl (C=O) groups excluding carboxylic acids is 1. The number of hydrogen-bond acceptors (Lipinski definition) is 4. The van der Waals surface area contributed by atoms with Gasteiger partial charge in [-0.15, -0.1) is 0 Å². The molecule has 0 saturated carbocycles. The maximum Gasteiger partial charge on any atom is 0.410 e. The molecule has 0 bridgehead atoms. The first kappa shape index (κ1) is 19.5. The van der Waals surface area contributed by atoms with Gasteiger partial charge in [-0.3, -0.25) is 9.69 Å². The van der Waals surface area contributed by atoms with Crippen molar-refractivity contribution in [2.24, 2.45) is 0 Å². The van der Waals surface area contributed by atoms with Gasteiger partial charge in [0, 0.05) is 48.8 Å². The number of carboxylic acids is 1. The van der Waals surface area contributed by atoms with Crippen LogP contribution in [0, 0.1) is 0 Å². The first-order valence-electron chi connectivity index (χ1n) is 8.87. The van der Waals surface area contributed by atoms with E-state index in [-0.39, 0.29) is 6.09 Å². The second-order valence-corrected chi connectivity index (χ2v) is 8.06. The molecule has 2 heterocycles. The fourth-order valence-electron chi connectivity index (χ4n) is 3.36. The van der Waals surface area contributed by atoms with E-state index in [0.29, 0.717) is 36.8 Å². The molecular weight excluding hydrogens is 370 g/mol. The van der Waals surface area contributed by atoms with Gasteiger partial charge >= 0.3 is 12.1 Å². The highest BCUT2D eigenvalue weighted by Gasteiger charge is 2.34. The van der Waals surface area contributed by atoms with Crippen LogP contribution in [0.15, 0.2) is 24.4 Å². The van der Waals surface area contributed by atoms with E-state index in [1.54, 1.807) is 17.2 Å². The zero-order valence-electron chi connectivity index (χ0n) is 15.7. The molecule has 2 N–H and O–H groups in total. The second kappa shape index (κ2) is 7.40. The molecule has 2 aromatic rings. The Labute approximate surface area is 162 Å². The number of nitrogens with one attached hydrogen (secondary N) is 1. The van der Waals surface area contributed by atoms with Crippen LogP contribution in [-0.4, -0.2) is 63.7 Å². The lowest BCUT2D eigenvalue weighted by atomic mass is 10.0. The SMILES string of the molecule is CC(C)(C)OC(=O)N1CCN([C@H](C(=O)O)c2c[nH]c3cccc(Cl)c23)CC1. The van der Waals surface area contributed by atoms with E-state index in [2.05, 4.69) is 4.98 Å². The Morgan fingerprint density at radius 2 is 1.89 bits per heavy atom. The number of amides is 1. The second-order valence-electron chi connectivity index (χ2n) is 7.65. The summed E-state index contributed by atoms with van der Waals surface area (Å²) in [4.78, 5) is 30.8. The van der Waals surface area contributed by atoms with E-state index in [0.717, 1.165) is 10.9 Å². The smallest absolute Gasteiger partial charge is 0.410 e. The lowest BCUT2D eigenvalue weighted by molar-refractivity contribution is -0.144. The van der Waals surface area contributed by atoms with Gasteiger partial charge in [-0.05, 0) is 32.9 Å². The third-order valence-corrected chi connectivity index (χ3v) is 4.86. The van der Waals surface area contributed by atoms with Crippen molar-refractivity contribution in [2.45, 2.75) is 32.4 Å². The van der Waals surface area contributed by atoms with Crippen LogP contribution in [0.25, 0.3) is 10.9 Å². The quantitative estimate of drug-likeness (QED) is 0.833. The van der Waals surface area contributed by atoms with Crippen LogP contribution < -0.4 is 0 Å². The molecule has 27 heavy (non-hydrogen) atoms. The number of aromatic nitrogens is 1. The molecule has 8 heteroatoms. The molecule has 0 aliphatic carbocycles. The van der Waals surface area contributed by atoms with Crippen molar-refractivity contribution in [1.29, 1.82) is 0 Å². The topological polar surface area (TPSA) is 85.9 Å². The first-order chi connectivity index (χ1) is 12.7. The number of aliphatic carboxylic acids is 1. The van der Waals surface area contributed by atoms with Crippen LogP contribution in [0.5, 0.6) is 0 Å². The molecule has 0 unspecified atom stereocenters. The molecule has 0 radical (unpaired) electrons. The Hall–Kier alpha value is -2.25. The summed E-state index contributed by atoms with van der Waals surface area (Å²) >= 11 is 6.32. The summed E-state index contributed by atoms with van der Waals surface area (Å²) in [7, 11) is 0. The highest BCUT2D eigenvalue weighted by molar-refractivity contribution is 6.35. The zero-order chi connectivity index (χ0) is 19.8. The monoisotopic (exact) mass is 393 g/mol. The van der Waals surface area contributed by atoms with Gasteiger partial charge < -0.3 is 19.7 Å². The van der Waals surface area contributed by atoms with Crippen molar-refractivity contribution in [1.82, 2.24) is 14.8 Å². The van der Waals surface area contributed by atoms with Gasteiger partial charge in [0.1, 0.15) is 11.6 Å². The first-order valence-corrected chi connectivity index (χ1v) is 9.25. The van der Waals surface area contributed by atoms with E-state index < -0.39 is 17.6 Å². The Balaban J connectivity index is 1.78. The minimum Gasteiger partial charge on any atom is -0.480 e. The summed E-state index contributed by atoms with van der Waals surface area (Å²) < 4.78 is 5.40. The van der Waals surface area contributed by atoms with Crippen molar-refractivity contribution in [2.75, 3.05) is 26.2 Å². The molecule has 1 fully saturated rings. The fraction of sp³-hybridized carbons (Fsp3) is 0.474. The number of fused-ring (bicyclic) bond motifs is 1. The van der Waals surface area contributed by atoms with Gasteiger partial charge in [0.2, 0.25) is 0 Å². The number of carboxylic acid groups (broad SMARTS) is 1. The van der Waals surface area contributed by atoms with Crippen molar-refractivity contribution < 1.29 is 19.4 Å². The van der Waals surface area contributed by atoms with Gasteiger partial charge in [0.15, 0.2) is 0 Å². The number of piperazine rings is 1. The molecule has 1 amide bonds. The van der Waals surface area contributed by atoms with Crippen LogP contribution in [-0.2, 0) is 9.53 Å². The normalized spacial score (nSPS) is 17.1. The van der Waals surface area contributed by atoms with E-state index in [9.17, 15) is 14.7 Å². The highest BCUT2D eigenvalue weighted by atomic mass is 35.5. The third-order valence-electron chi connectivity index (χ3n) is 4.55. The summed E-state index contributed by atoms with van der Waals surface area (Å²) in [5.74, 6) is -0.943. The van der Waals surface area contributed by atoms with Crippen molar-refractivity contribution >= 4 is 34.6 Å². The van der Waals surface area contributed by atoms with Crippen LogP contribution in [0.1, 0.15) is 32.4 Å². The highest BCUT2D eigenvalue weighted by Crippen LogP contribution is 2.34. The molecule has 0 spiro atoms. The Morgan fingerprint density at radius 3 is 2.48 bits per heavy atom. The van der Waals surface area contributed by atoms with E-state index in [1.165, 1.54) is 0 Å². The molecule has 1 saturated heterocycles. The van der Waals surface area contributed by atoms with Gasteiger partial charge in [-0.25, -0.2) is 4.79 Å². The fourth-order valence-corrected chi connectivity index (χ4v) is 3.64. The zero-order valence-corrected chi connectivity index (χ0v) is 16.4. The predicted molar refractivity (Wildman–Crippen MR) is 103 cm³/mol. The predicted octanol–water partition coefficient (Wildman–Crippen LogP) is 3.50. The molecule has 1 aliphatic heterocycles. The number of benzene rings is 1. The molecule has 1 atom stereocenters. The number of carbonyl (C=O) groups is 2. The number of nitrogens with zero attached hydrogens (tertiary/aromatic N) is 2. The maximum absolute atomic E-state index is 12.2. The van der Waals surface area contributed by atoms with Crippen LogP contribution >= 0.6 is 11.6 Å². The maximum atomic E-state index is 12.2. The summed E-state index contributed by atoms with van der Waals surface area (Å²) in [6, 6.07) is 4.60. The summed E-state index contributed by atoms with van der Waals surface area (Å²) in [6.45, 7) is 7.16. The molecule has 1 aromatic carbocycles. The van der Waals surface area contributed by atoms with E-state index >= 15 is 0 Å². The Kier molecular flexibility index (Phi) is 5.35. The number of halogens is 1. The average Bonchev–Trinajstić information content (AvgIpc) is 2.99. The van der Waals surface area contributed by atoms with Crippen LogP contribution in [0.3, 0.4) is 0 Å². The molecular formula is C19H24ClN3O4. The number of aromatic amines is 1. The average molecular weight is 394 g/mol. The van der Waals surface area contributed by atoms with Crippen molar-refractivity contribution in [3.8, 4) is 0 Å². The van der Waals surface area contributed by atoms with E-state index in [1.807, 2.05) is 37.8 Å². The molecule has 1 aliphatic rings. The number of ether oxygens (including phenoxy) is 1. The lowest BCUT2D eigenvalue weighted by Gasteiger charge is -2.38. The minimum atomic E-state index is -0.943. The Bertz CT molecular complexity index is 850. The molecule has 146 valence electrons. The summed E-state index contributed by atoms with van der Waals surface area (Å²) in [5.41, 5.74) is 0.878. The largest absolute Gasteiger partial charge is 0.480 e. The standard InChI is InChI=1S/C19H24ClN3O4/c1-19(2,3)27-18(26)23-9-7-22(8-10-23)16(17(24)25)12-11-21-14-6-4-5-13(20)15(12)14/h4-6,11,16,21H,7-10H2,1-3H3,(H,24,25)/t16-/m0/s1. The summed E-state index contributed by atoms with van der Waals surface area (Å²) in [5, 5.41) is 11.1. The minimum absolute atomic E-state index is 0.371. The van der Waals surface area contributed by atoms with Crippen molar-refractivity contribution in [3.63, 3.8) is 0 Å². The summed E-state index contributed by atoms with van der Waals surface area (Å²) in [6.07, 6.45) is 1.33. The lowest BCUT2D eigenvalue weighted by Crippen LogP contribution is -2.51. The van der Waals surface area contributed by atoms with Gasteiger partial charge in [0.05, 0.1) is 5.02 Å². The van der Waals surface area contributed by atoms with Crippen LogP contribution in [0.2, 0.25) is 5.02 Å². The van der Waals surface area contributed by atoms with Crippen LogP contribution in [0.4, 0.5) is 4.79 Å². The van der Waals surface area contributed by atoms with Gasteiger partial charge in [-0.1, -0.05) is 17.7 Å². The van der Waals surface area contributed by atoms with Gasteiger partial charge in [0.25, 0.3) is 0 Å². The third kappa shape index (κ3) is 4.20. The number of hydrogen-bond donors (Lipinski definition) is 2. The van der Waals surface area contributed by atoms with E-state index in [4.69, 9.17) is 16.3 Å². The number of rotatable bonds is 3. The molecule has 1 aromatic heterocycles. The molecule has 3 rings (SSSR count). The molecule has 7 nitrogen and oxygen atoms in total. The Morgan fingerprint density at radius 1 is 1.22 bits per heavy atom.